The van der Waals surface area contributed by atoms with Crippen molar-refractivity contribution in [3.05, 3.63) is 64.2 Å². The number of aromatic nitrogens is 3. The van der Waals surface area contributed by atoms with E-state index < -0.39 is 17.6 Å². The molecule has 0 atom stereocenters. The molecule has 0 unspecified atom stereocenters. The molecule has 5 N–H and O–H groups in total. The van der Waals surface area contributed by atoms with Crippen molar-refractivity contribution in [3.8, 4) is 5.75 Å². The lowest BCUT2D eigenvalue weighted by molar-refractivity contribution is -0.137. The quantitative estimate of drug-likeness (QED) is 0.157. The number of hydrogen-bond donors (Lipinski definition) is 4. The van der Waals surface area contributed by atoms with Gasteiger partial charge in [0.05, 0.1) is 53.8 Å². The lowest BCUT2D eigenvalue weighted by Gasteiger charge is -2.22. The second-order valence-corrected chi connectivity index (χ2v) is 9.90. The number of halogens is 3. The number of pyridine rings is 1. The minimum absolute atomic E-state index is 0.00825. The van der Waals surface area contributed by atoms with Crippen LogP contribution in [-0.4, -0.2) is 46.6 Å². The molecule has 1 aromatic carbocycles. The van der Waals surface area contributed by atoms with Crippen LogP contribution < -0.4 is 26.2 Å². The first kappa shape index (κ1) is 30.6. The fourth-order valence-corrected chi connectivity index (χ4v) is 4.08. The molecule has 3 aromatic rings. The second-order valence-electron chi connectivity index (χ2n) is 9.90. The zero-order valence-corrected chi connectivity index (χ0v) is 23.4. The lowest BCUT2D eigenvalue weighted by Crippen LogP contribution is -2.37. The van der Waals surface area contributed by atoms with Crippen molar-refractivity contribution in [2.45, 2.75) is 40.4 Å². The summed E-state index contributed by atoms with van der Waals surface area (Å²) in [6.07, 6.45) is -1.74. The van der Waals surface area contributed by atoms with E-state index in [2.05, 4.69) is 20.7 Å². The number of aryl methyl sites for hydroxylation is 2. The second kappa shape index (κ2) is 12.5. The smallest absolute Gasteiger partial charge is 0.416 e. The van der Waals surface area contributed by atoms with E-state index in [1.165, 1.54) is 24.4 Å². The van der Waals surface area contributed by atoms with Crippen molar-refractivity contribution >= 4 is 23.0 Å². The first-order valence-electron chi connectivity index (χ1n) is 12.6. The molecule has 0 saturated carbocycles. The summed E-state index contributed by atoms with van der Waals surface area (Å²) in [5.74, 6) is 5.97. The van der Waals surface area contributed by atoms with Crippen LogP contribution in [0.3, 0.4) is 0 Å². The molecule has 0 aliphatic carbocycles. The lowest BCUT2D eigenvalue weighted by atomic mass is 10.1. The molecule has 0 saturated heterocycles. The highest BCUT2D eigenvalue weighted by Gasteiger charge is 2.33. The predicted octanol–water partition coefficient (Wildman–Crippen LogP) is 4.21. The molecular formula is C27H35F3N8O2. The number of nitrogens with two attached hydrogens (primary N) is 1. The summed E-state index contributed by atoms with van der Waals surface area (Å²) < 4.78 is 48.2. The summed E-state index contributed by atoms with van der Waals surface area (Å²) in [4.78, 5) is 17.5. The van der Waals surface area contributed by atoms with Crippen LogP contribution in [0.2, 0.25) is 0 Å². The van der Waals surface area contributed by atoms with Gasteiger partial charge < -0.3 is 25.8 Å². The SMILES string of the molecule is COc1c(CNCC(C)C)cc(C(F)(F)F)cc1NC(=O)c1cnc(C)c(N(N)CC(=N)c2cnn(C)c2C)c1. The Hall–Kier alpha value is -3.97. The molecule has 2 heterocycles. The van der Waals surface area contributed by atoms with Crippen molar-refractivity contribution in [2.24, 2.45) is 18.8 Å². The first-order valence-corrected chi connectivity index (χ1v) is 12.6. The average molecular weight is 561 g/mol. The van der Waals surface area contributed by atoms with Gasteiger partial charge >= 0.3 is 6.18 Å². The number of carbonyl (C=O) groups is 1. The number of benzene rings is 1. The van der Waals surface area contributed by atoms with Gasteiger partial charge in [0.2, 0.25) is 0 Å². The van der Waals surface area contributed by atoms with E-state index >= 15 is 0 Å². The van der Waals surface area contributed by atoms with Crippen LogP contribution >= 0.6 is 0 Å². The van der Waals surface area contributed by atoms with Gasteiger partial charge in [-0.2, -0.15) is 18.3 Å². The van der Waals surface area contributed by atoms with Crippen LogP contribution in [0.4, 0.5) is 24.5 Å². The summed E-state index contributed by atoms with van der Waals surface area (Å²) in [7, 11) is 3.11. The van der Waals surface area contributed by atoms with Gasteiger partial charge in [0.15, 0.2) is 0 Å². The van der Waals surface area contributed by atoms with Crippen LogP contribution in [0.15, 0.2) is 30.6 Å². The Morgan fingerprint density at radius 3 is 2.50 bits per heavy atom. The number of carbonyl (C=O) groups excluding carboxylic acids is 1. The molecule has 40 heavy (non-hydrogen) atoms. The summed E-state index contributed by atoms with van der Waals surface area (Å²) in [5, 5.41) is 19.5. The van der Waals surface area contributed by atoms with Gasteiger partial charge in [0.1, 0.15) is 5.75 Å². The fraction of sp³-hybridized carbons (Fsp3) is 0.407. The predicted molar refractivity (Wildman–Crippen MR) is 148 cm³/mol. The molecule has 3 rings (SSSR count). The zero-order valence-electron chi connectivity index (χ0n) is 23.4. The molecule has 1 amide bonds. The number of methoxy groups -OCH3 is 1. The van der Waals surface area contributed by atoms with E-state index in [1.54, 1.807) is 24.9 Å². The first-order chi connectivity index (χ1) is 18.7. The summed E-state index contributed by atoms with van der Waals surface area (Å²) in [6, 6.07) is 3.34. The summed E-state index contributed by atoms with van der Waals surface area (Å²) in [6.45, 7) is 8.22. The number of hydrogen-bond acceptors (Lipinski definition) is 8. The maximum Gasteiger partial charge on any atom is 0.416 e. The van der Waals surface area contributed by atoms with E-state index in [-0.39, 0.29) is 41.4 Å². The Morgan fingerprint density at radius 2 is 1.93 bits per heavy atom. The van der Waals surface area contributed by atoms with Gasteiger partial charge in [-0.15, -0.1) is 0 Å². The number of anilines is 2. The van der Waals surface area contributed by atoms with E-state index in [9.17, 15) is 18.0 Å². The van der Waals surface area contributed by atoms with E-state index in [0.717, 1.165) is 17.8 Å². The van der Waals surface area contributed by atoms with Crippen LogP contribution in [0, 0.1) is 25.2 Å². The maximum absolute atomic E-state index is 13.7. The topological polar surface area (TPSA) is 134 Å². The number of hydrazine groups is 1. The summed E-state index contributed by atoms with van der Waals surface area (Å²) in [5.41, 5.74) is 1.83. The van der Waals surface area contributed by atoms with Gasteiger partial charge in [-0.1, -0.05) is 13.8 Å². The molecular weight excluding hydrogens is 525 g/mol. The van der Waals surface area contributed by atoms with Gasteiger partial charge in [-0.05, 0) is 44.5 Å². The number of alkyl halides is 3. The van der Waals surface area contributed by atoms with E-state index in [1.807, 2.05) is 20.8 Å². The number of amides is 1. The van der Waals surface area contributed by atoms with Gasteiger partial charge in [0.25, 0.3) is 5.91 Å². The highest BCUT2D eigenvalue weighted by atomic mass is 19.4. The number of rotatable bonds is 11. The Morgan fingerprint density at radius 1 is 1.23 bits per heavy atom. The van der Waals surface area contributed by atoms with Crippen LogP contribution in [0.5, 0.6) is 5.75 Å². The number of nitrogens with zero attached hydrogens (tertiary/aromatic N) is 4. The van der Waals surface area contributed by atoms with Crippen molar-refractivity contribution in [1.29, 1.82) is 5.41 Å². The molecule has 0 aliphatic heterocycles. The van der Waals surface area contributed by atoms with Crippen molar-refractivity contribution < 1.29 is 22.7 Å². The minimum atomic E-state index is -4.63. The Kier molecular flexibility index (Phi) is 9.53. The van der Waals surface area contributed by atoms with E-state index in [4.69, 9.17) is 16.0 Å². The fourth-order valence-electron chi connectivity index (χ4n) is 4.08. The third-order valence-electron chi connectivity index (χ3n) is 6.33. The minimum Gasteiger partial charge on any atom is -0.494 e. The maximum atomic E-state index is 13.7. The monoisotopic (exact) mass is 560 g/mol. The third kappa shape index (κ3) is 7.16. The largest absolute Gasteiger partial charge is 0.494 e. The Balaban J connectivity index is 1.89. The standard InChI is InChI=1S/C27H35F3N8O2/c1-15(2)10-33-11-18-7-20(27(28,29)30)9-23(25(18)40-6)36-26(39)19-8-24(16(3)34-12-19)38(32)14-22(31)21-13-35-37(5)17(21)4/h7-9,12-13,15,31,33H,10-11,14,32H2,1-6H3,(H,36,39). The van der Waals surface area contributed by atoms with Crippen LogP contribution in [-0.2, 0) is 19.8 Å². The molecule has 216 valence electrons. The molecule has 0 bridgehead atoms. The Bertz CT molecular complexity index is 1380. The summed E-state index contributed by atoms with van der Waals surface area (Å²) >= 11 is 0. The van der Waals surface area contributed by atoms with Gasteiger partial charge in [-0.3, -0.25) is 14.5 Å². The zero-order chi connectivity index (χ0) is 29.8. The highest BCUT2D eigenvalue weighted by molar-refractivity contribution is 6.06. The normalized spacial score (nSPS) is 11.6. The molecule has 0 aliphatic rings. The molecule has 10 nitrogen and oxygen atoms in total. The molecule has 2 aromatic heterocycles. The molecule has 13 heteroatoms. The average Bonchev–Trinajstić information content (AvgIpc) is 3.21. The number of ether oxygens (including phenoxy) is 1. The van der Waals surface area contributed by atoms with E-state index in [0.29, 0.717) is 29.4 Å². The van der Waals surface area contributed by atoms with Crippen LogP contribution in [0.1, 0.15) is 52.3 Å². The molecule has 0 radical (unpaired) electrons. The highest BCUT2D eigenvalue weighted by Crippen LogP contribution is 2.38. The van der Waals surface area contributed by atoms with Crippen LogP contribution in [0.25, 0.3) is 0 Å². The molecule has 0 spiro atoms. The van der Waals surface area contributed by atoms with Gasteiger partial charge in [0, 0.05) is 36.6 Å². The van der Waals surface area contributed by atoms with Crippen molar-refractivity contribution in [1.82, 2.24) is 20.1 Å². The molecule has 0 fully saturated rings. The Labute approximate surface area is 231 Å². The number of nitrogens with one attached hydrogen (secondary N) is 3. The third-order valence-corrected chi connectivity index (χ3v) is 6.33. The van der Waals surface area contributed by atoms with Crippen molar-refractivity contribution in [3.63, 3.8) is 0 Å². The van der Waals surface area contributed by atoms with Gasteiger partial charge in [-0.25, -0.2) is 5.84 Å². The van der Waals surface area contributed by atoms with Crippen molar-refractivity contribution in [2.75, 3.05) is 30.5 Å².